The number of hydrogen-bond donors (Lipinski definition) is 2. The van der Waals surface area contributed by atoms with E-state index in [0.29, 0.717) is 17.3 Å². The molecule has 11 heteroatoms. The number of sulfonamides is 1. The van der Waals surface area contributed by atoms with E-state index in [-0.39, 0.29) is 33.5 Å². The number of nitrogens with one attached hydrogen (secondary N) is 2. The molecule has 0 fully saturated rings. The van der Waals surface area contributed by atoms with E-state index in [1.165, 1.54) is 56.7 Å². The van der Waals surface area contributed by atoms with Gasteiger partial charge >= 0.3 is 0 Å². The molecule has 0 spiro atoms. The van der Waals surface area contributed by atoms with E-state index >= 15 is 0 Å². The summed E-state index contributed by atoms with van der Waals surface area (Å²) in [5.74, 6) is -0.396. The lowest BCUT2D eigenvalue weighted by atomic mass is 10.1. The van der Waals surface area contributed by atoms with Gasteiger partial charge in [-0.25, -0.2) is 8.42 Å². The van der Waals surface area contributed by atoms with Crippen LogP contribution >= 0.6 is 11.6 Å². The van der Waals surface area contributed by atoms with Crippen molar-refractivity contribution in [2.75, 3.05) is 36.9 Å². The molecule has 0 bridgehead atoms. The number of unbranched alkanes of at least 4 members (excludes halogenated alkanes) is 1. The first kappa shape index (κ1) is 28.8. The van der Waals surface area contributed by atoms with Crippen LogP contribution in [0.4, 0.5) is 11.4 Å². The van der Waals surface area contributed by atoms with Crippen LogP contribution in [-0.2, 0) is 14.8 Å². The van der Waals surface area contributed by atoms with Gasteiger partial charge in [-0.15, -0.1) is 0 Å². The number of anilines is 2. The number of nitrogens with zero attached hydrogens (tertiary/aromatic N) is 1. The molecule has 3 aromatic carbocycles. The van der Waals surface area contributed by atoms with Crippen molar-refractivity contribution in [3.8, 4) is 11.5 Å². The van der Waals surface area contributed by atoms with Crippen molar-refractivity contribution in [2.45, 2.75) is 24.7 Å². The summed E-state index contributed by atoms with van der Waals surface area (Å²) in [6, 6.07) is 16.8. The molecule has 3 aromatic rings. The Kier molecular flexibility index (Phi) is 9.98. The third-order valence-corrected chi connectivity index (χ3v) is 7.63. The van der Waals surface area contributed by atoms with E-state index in [2.05, 4.69) is 10.6 Å². The van der Waals surface area contributed by atoms with Gasteiger partial charge < -0.3 is 20.1 Å². The molecule has 3 rings (SSSR count). The molecular formula is C27H30ClN3O6S. The van der Waals surface area contributed by atoms with Crippen molar-refractivity contribution in [3.63, 3.8) is 0 Å². The van der Waals surface area contributed by atoms with Gasteiger partial charge in [-0.1, -0.05) is 37.1 Å². The maximum absolute atomic E-state index is 13.7. The third-order valence-electron chi connectivity index (χ3n) is 5.61. The van der Waals surface area contributed by atoms with Gasteiger partial charge in [0.25, 0.3) is 15.9 Å². The number of hydrogen-bond acceptors (Lipinski definition) is 6. The van der Waals surface area contributed by atoms with E-state index in [1.807, 2.05) is 6.92 Å². The van der Waals surface area contributed by atoms with Gasteiger partial charge in [0.15, 0.2) is 11.5 Å². The minimum absolute atomic E-state index is 0.103. The van der Waals surface area contributed by atoms with Crippen LogP contribution in [0.25, 0.3) is 0 Å². The average molecular weight is 560 g/mol. The zero-order valence-corrected chi connectivity index (χ0v) is 22.9. The highest BCUT2D eigenvalue weighted by atomic mass is 35.5. The summed E-state index contributed by atoms with van der Waals surface area (Å²) in [5, 5.41) is 5.91. The Bertz CT molecular complexity index is 1380. The molecule has 0 aromatic heterocycles. The molecule has 0 heterocycles. The number of para-hydroxylation sites is 1. The van der Waals surface area contributed by atoms with Crippen molar-refractivity contribution in [3.05, 3.63) is 77.3 Å². The number of ether oxygens (including phenoxy) is 2. The highest BCUT2D eigenvalue weighted by Gasteiger charge is 2.29. The standard InChI is InChI=1S/C27H30ClN3O6S/c1-4-5-16-29-27(33)22-8-6-7-9-23(22)30-26(32)18-31(20-12-10-19(28)11-13-20)38(34,35)21-14-15-24(36-2)25(17-21)37-3/h6-15,17H,4-5,16,18H2,1-3H3,(H,29,33)(H,30,32). The van der Waals surface area contributed by atoms with Crippen molar-refractivity contribution >= 4 is 44.8 Å². The molecule has 0 radical (unpaired) electrons. The summed E-state index contributed by atoms with van der Waals surface area (Å²) in [6.45, 7) is 1.96. The summed E-state index contributed by atoms with van der Waals surface area (Å²) in [4.78, 5) is 25.7. The first-order valence-electron chi connectivity index (χ1n) is 11.9. The van der Waals surface area contributed by atoms with Crippen molar-refractivity contribution in [1.29, 1.82) is 0 Å². The monoisotopic (exact) mass is 559 g/mol. The molecular weight excluding hydrogens is 530 g/mol. The summed E-state index contributed by atoms with van der Waals surface area (Å²) >= 11 is 6.01. The lowest BCUT2D eigenvalue weighted by Crippen LogP contribution is -2.38. The van der Waals surface area contributed by atoms with Gasteiger partial charge in [0, 0.05) is 17.6 Å². The van der Waals surface area contributed by atoms with Crippen LogP contribution in [0, 0.1) is 0 Å². The van der Waals surface area contributed by atoms with Gasteiger partial charge in [-0.05, 0) is 55.0 Å². The molecule has 0 unspecified atom stereocenters. The number of carbonyl (C=O) groups excluding carboxylic acids is 2. The Hall–Kier alpha value is -3.76. The van der Waals surface area contributed by atoms with Gasteiger partial charge in [-0.2, -0.15) is 0 Å². The fourth-order valence-corrected chi connectivity index (χ4v) is 5.17. The maximum Gasteiger partial charge on any atom is 0.264 e. The Morgan fingerprint density at radius 1 is 0.947 bits per heavy atom. The van der Waals surface area contributed by atoms with Crippen LogP contribution in [0.5, 0.6) is 11.5 Å². The van der Waals surface area contributed by atoms with Gasteiger partial charge in [0.1, 0.15) is 6.54 Å². The number of halogens is 1. The van der Waals surface area contributed by atoms with Crippen molar-refractivity contribution in [2.24, 2.45) is 0 Å². The topological polar surface area (TPSA) is 114 Å². The molecule has 0 aliphatic carbocycles. The molecule has 9 nitrogen and oxygen atoms in total. The second-order valence-electron chi connectivity index (χ2n) is 8.21. The Morgan fingerprint density at radius 3 is 2.29 bits per heavy atom. The normalized spacial score (nSPS) is 10.9. The summed E-state index contributed by atoms with van der Waals surface area (Å²) in [6.07, 6.45) is 1.75. The van der Waals surface area contributed by atoms with Gasteiger partial charge in [-0.3, -0.25) is 13.9 Å². The van der Waals surface area contributed by atoms with Gasteiger partial charge in [0.05, 0.1) is 36.1 Å². The number of benzene rings is 3. The predicted molar refractivity (Wildman–Crippen MR) is 148 cm³/mol. The summed E-state index contributed by atoms with van der Waals surface area (Å²) in [7, 11) is -1.40. The quantitative estimate of drug-likeness (QED) is 0.310. The van der Waals surface area contributed by atoms with E-state index < -0.39 is 22.5 Å². The molecule has 38 heavy (non-hydrogen) atoms. The van der Waals surface area contributed by atoms with Crippen LogP contribution in [0.3, 0.4) is 0 Å². The zero-order valence-electron chi connectivity index (χ0n) is 21.4. The van der Waals surface area contributed by atoms with E-state index in [1.54, 1.807) is 24.3 Å². The van der Waals surface area contributed by atoms with Crippen LogP contribution in [0.1, 0.15) is 30.1 Å². The molecule has 2 amide bonds. The molecule has 2 N–H and O–H groups in total. The van der Waals surface area contributed by atoms with E-state index in [4.69, 9.17) is 21.1 Å². The largest absolute Gasteiger partial charge is 0.493 e. The second kappa shape index (κ2) is 13.2. The minimum Gasteiger partial charge on any atom is -0.493 e. The lowest BCUT2D eigenvalue weighted by molar-refractivity contribution is -0.114. The molecule has 0 aliphatic heterocycles. The van der Waals surface area contributed by atoms with E-state index in [0.717, 1.165) is 17.1 Å². The van der Waals surface area contributed by atoms with Crippen molar-refractivity contribution < 1.29 is 27.5 Å². The molecule has 0 saturated heterocycles. The Morgan fingerprint density at radius 2 is 1.63 bits per heavy atom. The number of amides is 2. The molecule has 0 saturated carbocycles. The third kappa shape index (κ3) is 6.96. The lowest BCUT2D eigenvalue weighted by Gasteiger charge is -2.25. The van der Waals surface area contributed by atoms with Crippen LogP contribution in [0.15, 0.2) is 71.6 Å². The van der Waals surface area contributed by atoms with E-state index in [9.17, 15) is 18.0 Å². The predicted octanol–water partition coefficient (Wildman–Crippen LogP) is 4.72. The van der Waals surface area contributed by atoms with Crippen molar-refractivity contribution in [1.82, 2.24) is 5.32 Å². The summed E-state index contributed by atoms with van der Waals surface area (Å²) < 4.78 is 38.9. The zero-order chi connectivity index (χ0) is 27.7. The molecule has 0 aliphatic rings. The maximum atomic E-state index is 13.7. The Balaban J connectivity index is 1.93. The van der Waals surface area contributed by atoms with Crippen LogP contribution in [0.2, 0.25) is 5.02 Å². The van der Waals surface area contributed by atoms with Crippen LogP contribution < -0.4 is 24.4 Å². The number of rotatable bonds is 12. The highest BCUT2D eigenvalue weighted by molar-refractivity contribution is 7.92. The fraction of sp³-hybridized carbons (Fsp3) is 0.259. The molecule has 0 atom stereocenters. The SMILES string of the molecule is CCCCNC(=O)c1ccccc1NC(=O)CN(c1ccc(Cl)cc1)S(=O)(=O)c1ccc(OC)c(OC)c1. The second-order valence-corrected chi connectivity index (χ2v) is 10.5. The number of carbonyl (C=O) groups is 2. The highest BCUT2D eigenvalue weighted by Crippen LogP contribution is 2.32. The van der Waals surface area contributed by atoms with Gasteiger partial charge in [0.2, 0.25) is 5.91 Å². The molecule has 202 valence electrons. The number of methoxy groups -OCH3 is 2. The fourth-order valence-electron chi connectivity index (χ4n) is 3.61. The minimum atomic E-state index is -4.24. The summed E-state index contributed by atoms with van der Waals surface area (Å²) in [5.41, 5.74) is 0.772. The smallest absolute Gasteiger partial charge is 0.264 e. The average Bonchev–Trinajstić information content (AvgIpc) is 2.92. The first-order valence-corrected chi connectivity index (χ1v) is 13.7. The van der Waals surface area contributed by atoms with Crippen LogP contribution in [-0.4, -0.2) is 47.5 Å². The Labute approximate surface area is 227 Å². The first-order chi connectivity index (χ1) is 18.2.